The normalized spacial score (nSPS) is 23.3. The molecule has 2 fully saturated rings. The second-order valence-electron chi connectivity index (χ2n) is 8.13. The van der Waals surface area contributed by atoms with Crippen LogP contribution in [0, 0.1) is 6.92 Å². The van der Waals surface area contributed by atoms with Crippen LogP contribution in [0.1, 0.15) is 31.6 Å². The number of nitrogens with one attached hydrogen (secondary N) is 1. The predicted octanol–water partition coefficient (Wildman–Crippen LogP) is 3.53. The summed E-state index contributed by atoms with van der Waals surface area (Å²) in [6.45, 7) is 1.79. The van der Waals surface area contributed by atoms with Gasteiger partial charge in [-0.1, -0.05) is 6.07 Å². The number of aryl methyl sites for hydroxylation is 1. The lowest BCUT2D eigenvalue weighted by Gasteiger charge is -2.36. The maximum atomic E-state index is 10.5. The number of oxazole rings is 1. The number of hydrogen-bond donors (Lipinski definition) is 2. The molecule has 2 bridgehead atoms. The van der Waals surface area contributed by atoms with Crippen molar-refractivity contribution >= 4 is 5.82 Å². The van der Waals surface area contributed by atoms with E-state index < -0.39 is 0 Å². The van der Waals surface area contributed by atoms with Crippen molar-refractivity contribution in [3.63, 3.8) is 0 Å². The zero-order chi connectivity index (χ0) is 20.0. The first kappa shape index (κ1) is 18.1. The molecular formula is C22H25N5O2. The number of piperidine rings is 1. The van der Waals surface area contributed by atoms with Gasteiger partial charge in [-0.15, -0.1) is 10.2 Å². The van der Waals surface area contributed by atoms with E-state index in [1.54, 1.807) is 19.2 Å². The van der Waals surface area contributed by atoms with Gasteiger partial charge >= 0.3 is 0 Å². The number of phenols is 1. The first-order valence-electron chi connectivity index (χ1n) is 10.2. The number of aromatic nitrogens is 3. The summed E-state index contributed by atoms with van der Waals surface area (Å²) in [6.07, 6.45) is 6.52. The van der Waals surface area contributed by atoms with Crippen molar-refractivity contribution in [2.45, 2.75) is 50.7 Å². The van der Waals surface area contributed by atoms with Crippen LogP contribution in [0.2, 0.25) is 0 Å². The lowest BCUT2D eigenvalue weighted by Crippen LogP contribution is -2.47. The van der Waals surface area contributed by atoms with E-state index in [-0.39, 0.29) is 5.75 Å². The largest absolute Gasteiger partial charge is 0.507 e. The highest BCUT2D eigenvalue weighted by Crippen LogP contribution is 2.34. The van der Waals surface area contributed by atoms with Gasteiger partial charge in [0, 0.05) is 43.2 Å². The number of aromatic hydroxyl groups is 1. The van der Waals surface area contributed by atoms with E-state index in [0.29, 0.717) is 41.0 Å². The van der Waals surface area contributed by atoms with Crippen molar-refractivity contribution in [3.8, 4) is 28.3 Å². The van der Waals surface area contributed by atoms with Gasteiger partial charge in [0.25, 0.3) is 0 Å². The fraction of sp³-hybridized carbons (Fsp3) is 0.409. The van der Waals surface area contributed by atoms with Gasteiger partial charge in [-0.05, 0) is 49.9 Å². The topological polar surface area (TPSA) is 87.3 Å². The molecule has 2 aromatic heterocycles. The minimum atomic E-state index is 0.141. The molecule has 0 amide bonds. The summed E-state index contributed by atoms with van der Waals surface area (Å²) in [5.41, 5.74) is 2.06. The van der Waals surface area contributed by atoms with Crippen LogP contribution in [0.5, 0.6) is 5.75 Å². The molecule has 0 unspecified atom stereocenters. The molecule has 0 spiro atoms. The Morgan fingerprint density at radius 2 is 1.90 bits per heavy atom. The van der Waals surface area contributed by atoms with E-state index in [4.69, 9.17) is 4.42 Å². The van der Waals surface area contributed by atoms with E-state index >= 15 is 0 Å². The molecule has 0 aliphatic carbocycles. The minimum absolute atomic E-state index is 0.141. The fourth-order valence-electron chi connectivity index (χ4n) is 4.58. The quantitative estimate of drug-likeness (QED) is 0.703. The van der Waals surface area contributed by atoms with Crippen LogP contribution in [0.15, 0.2) is 40.9 Å². The van der Waals surface area contributed by atoms with Gasteiger partial charge in [-0.25, -0.2) is 4.98 Å². The Morgan fingerprint density at radius 3 is 2.52 bits per heavy atom. The van der Waals surface area contributed by atoms with Crippen molar-refractivity contribution in [2.75, 3.05) is 11.9 Å². The highest BCUT2D eigenvalue weighted by molar-refractivity contribution is 5.72. The number of rotatable bonds is 4. The Bertz CT molecular complexity index is 1000. The Kier molecular flexibility index (Phi) is 4.47. The lowest BCUT2D eigenvalue weighted by molar-refractivity contribution is 0.353. The summed E-state index contributed by atoms with van der Waals surface area (Å²) in [4.78, 5) is 6.35. The number of anilines is 1. The Morgan fingerprint density at radius 1 is 1.10 bits per heavy atom. The van der Waals surface area contributed by atoms with Crippen LogP contribution >= 0.6 is 0 Å². The van der Waals surface area contributed by atoms with Gasteiger partial charge < -0.3 is 19.7 Å². The Hall–Kier alpha value is -2.93. The second-order valence-corrected chi connectivity index (χ2v) is 8.13. The molecule has 150 valence electrons. The summed E-state index contributed by atoms with van der Waals surface area (Å²) in [7, 11) is 2.10. The Labute approximate surface area is 169 Å². The molecule has 2 saturated heterocycles. The van der Waals surface area contributed by atoms with E-state index in [9.17, 15) is 5.11 Å². The molecule has 7 heteroatoms. The van der Waals surface area contributed by atoms with Gasteiger partial charge in [0.2, 0.25) is 0 Å². The van der Waals surface area contributed by atoms with Crippen molar-refractivity contribution in [1.29, 1.82) is 0 Å². The summed E-state index contributed by atoms with van der Waals surface area (Å²) >= 11 is 0. The van der Waals surface area contributed by atoms with Gasteiger partial charge in [0.1, 0.15) is 5.75 Å². The summed E-state index contributed by atoms with van der Waals surface area (Å²) in [6, 6.07) is 11.1. The molecule has 3 aromatic rings. The second kappa shape index (κ2) is 7.15. The number of nitrogens with zero attached hydrogens (tertiary/aromatic N) is 4. The van der Waals surface area contributed by atoms with Crippen molar-refractivity contribution in [2.24, 2.45) is 0 Å². The van der Waals surface area contributed by atoms with Gasteiger partial charge in [0.05, 0.1) is 11.9 Å². The third-order valence-electron chi connectivity index (χ3n) is 6.19. The molecule has 1 aromatic carbocycles. The number of fused-ring (bicyclic) bond motifs is 2. The predicted molar refractivity (Wildman–Crippen MR) is 111 cm³/mol. The molecule has 7 nitrogen and oxygen atoms in total. The molecule has 0 saturated carbocycles. The van der Waals surface area contributed by atoms with Crippen LogP contribution in [-0.4, -0.2) is 45.5 Å². The average molecular weight is 391 g/mol. The Balaban J connectivity index is 1.34. The first-order chi connectivity index (χ1) is 14.1. The summed E-state index contributed by atoms with van der Waals surface area (Å²) in [5.74, 6) is 2.23. The highest BCUT2D eigenvalue weighted by atomic mass is 16.4. The molecule has 2 aliphatic rings. The average Bonchev–Trinajstić information content (AvgIpc) is 3.32. The highest BCUT2D eigenvalue weighted by Gasteiger charge is 2.35. The van der Waals surface area contributed by atoms with Crippen LogP contribution in [0.4, 0.5) is 5.82 Å². The van der Waals surface area contributed by atoms with Gasteiger partial charge in [0.15, 0.2) is 17.5 Å². The maximum absolute atomic E-state index is 10.5. The number of phenolic OH excluding ortho intramolecular Hbond substituents is 1. The molecule has 5 rings (SSSR count). The summed E-state index contributed by atoms with van der Waals surface area (Å²) in [5, 5.41) is 23.0. The van der Waals surface area contributed by atoms with Crippen molar-refractivity contribution in [3.05, 3.63) is 42.4 Å². The number of hydrogen-bond acceptors (Lipinski definition) is 7. The number of benzene rings is 1. The van der Waals surface area contributed by atoms with Gasteiger partial charge in [-0.2, -0.15) is 0 Å². The van der Waals surface area contributed by atoms with Crippen molar-refractivity contribution in [1.82, 2.24) is 20.5 Å². The van der Waals surface area contributed by atoms with Crippen molar-refractivity contribution < 1.29 is 9.52 Å². The lowest BCUT2D eigenvalue weighted by atomic mass is 9.98. The van der Waals surface area contributed by atoms with E-state index in [1.807, 2.05) is 24.3 Å². The minimum Gasteiger partial charge on any atom is -0.507 e. The third kappa shape index (κ3) is 3.46. The molecule has 2 N–H and O–H groups in total. The van der Waals surface area contributed by atoms with E-state index in [0.717, 1.165) is 24.2 Å². The summed E-state index contributed by atoms with van der Waals surface area (Å²) < 4.78 is 5.53. The zero-order valence-corrected chi connectivity index (χ0v) is 16.7. The fourth-order valence-corrected chi connectivity index (χ4v) is 4.58. The molecule has 4 heterocycles. The standard InChI is InChI=1S/C22H25N5O2/c1-13-23-12-21(29-13)14-3-6-18(20(28)9-14)19-7-8-22(26-25-19)27(2)17-10-15-4-5-16(11-17)24-15/h3,6-9,12,15-17,24,28H,4-5,10-11H2,1-2H3/t15-,16+,17-. The maximum Gasteiger partial charge on any atom is 0.191 e. The monoisotopic (exact) mass is 391 g/mol. The first-order valence-corrected chi connectivity index (χ1v) is 10.2. The SMILES string of the molecule is Cc1ncc(-c2ccc(-c3ccc(N(C)[C@@H]4C[C@H]5CC[C@@H](C4)N5)nn3)c(O)c2)o1. The molecule has 3 atom stereocenters. The molecular weight excluding hydrogens is 366 g/mol. The van der Waals surface area contributed by atoms with E-state index in [1.165, 1.54) is 12.8 Å². The molecule has 0 radical (unpaired) electrons. The third-order valence-corrected chi connectivity index (χ3v) is 6.19. The zero-order valence-electron chi connectivity index (χ0n) is 16.7. The smallest absolute Gasteiger partial charge is 0.191 e. The van der Waals surface area contributed by atoms with Crippen LogP contribution in [0.25, 0.3) is 22.6 Å². The van der Waals surface area contributed by atoms with Crippen LogP contribution in [-0.2, 0) is 0 Å². The van der Waals surface area contributed by atoms with E-state index in [2.05, 4.69) is 32.4 Å². The molecule has 2 aliphatic heterocycles. The van der Waals surface area contributed by atoms with Gasteiger partial charge in [-0.3, -0.25) is 0 Å². The van der Waals surface area contributed by atoms with Crippen LogP contribution in [0.3, 0.4) is 0 Å². The molecule has 29 heavy (non-hydrogen) atoms. The van der Waals surface area contributed by atoms with Crippen LogP contribution < -0.4 is 10.2 Å².